The lowest BCUT2D eigenvalue weighted by Gasteiger charge is -2.27. The van der Waals surface area contributed by atoms with Crippen molar-refractivity contribution in [2.45, 2.75) is 12.8 Å². The Morgan fingerprint density at radius 3 is 2.91 bits per heavy atom. The third kappa shape index (κ3) is 2.23. The largest absolute Gasteiger partial charge is 0.328 e. The van der Waals surface area contributed by atoms with Crippen molar-refractivity contribution in [3.05, 3.63) is 30.1 Å². The van der Waals surface area contributed by atoms with E-state index in [9.17, 15) is 9.59 Å². The molecule has 2 aromatic heterocycles. The molecule has 3 amide bonds. The number of aromatic nitrogens is 2. The van der Waals surface area contributed by atoms with E-state index < -0.39 is 0 Å². The number of hydrogen-bond acceptors (Lipinski definition) is 4. The second-order valence-corrected chi connectivity index (χ2v) is 5.88. The Labute approximate surface area is 127 Å². The van der Waals surface area contributed by atoms with Crippen LogP contribution < -0.4 is 15.5 Å². The summed E-state index contributed by atoms with van der Waals surface area (Å²) in [5.41, 5.74) is 2.89. The summed E-state index contributed by atoms with van der Waals surface area (Å²) in [6, 6.07) is 3.78. The summed E-state index contributed by atoms with van der Waals surface area (Å²) in [5.74, 6) is 0.459. The van der Waals surface area contributed by atoms with E-state index in [1.165, 1.54) is 5.56 Å². The highest BCUT2D eigenvalue weighted by Gasteiger charge is 2.26. The van der Waals surface area contributed by atoms with Crippen molar-refractivity contribution in [3.63, 3.8) is 0 Å². The molecule has 0 radical (unpaired) electrons. The van der Waals surface area contributed by atoms with Crippen LogP contribution in [0.25, 0.3) is 5.52 Å². The van der Waals surface area contributed by atoms with Crippen molar-refractivity contribution in [2.24, 2.45) is 5.92 Å². The van der Waals surface area contributed by atoms with Gasteiger partial charge in [0.25, 0.3) is 0 Å². The molecule has 7 nitrogen and oxygen atoms in total. The number of urea groups is 1. The molecule has 7 heteroatoms. The van der Waals surface area contributed by atoms with E-state index in [-0.39, 0.29) is 11.9 Å². The van der Waals surface area contributed by atoms with E-state index in [1.54, 1.807) is 15.6 Å². The normalized spacial score (nSPS) is 19.4. The van der Waals surface area contributed by atoms with Crippen LogP contribution in [0.4, 0.5) is 10.5 Å². The third-order valence-corrected chi connectivity index (χ3v) is 4.30. The first-order chi connectivity index (χ1) is 10.7. The Hall–Kier alpha value is -2.41. The second-order valence-electron chi connectivity index (χ2n) is 5.88. The minimum atomic E-state index is -0.375. The first-order valence-corrected chi connectivity index (χ1v) is 7.49. The number of rotatable bonds is 3. The average Bonchev–Trinajstić information content (AvgIpc) is 2.86. The van der Waals surface area contributed by atoms with E-state index in [2.05, 4.69) is 27.9 Å². The van der Waals surface area contributed by atoms with Crippen LogP contribution >= 0.6 is 0 Å². The molecule has 0 bridgehead atoms. The van der Waals surface area contributed by atoms with Gasteiger partial charge in [0, 0.05) is 19.2 Å². The molecule has 0 aromatic carbocycles. The van der Waals surface area contributed by atoms with E-state index in [0.717, 1.165) is 30.7 Å². The summed E-state index contributed by atoms with van der Waals surface area (Å²) in [5, 5.41) is 9.93. The Morgan fingerprint density at radius 1 is 1.32 bits per heavy atom. The molecule has 2 aliphatic heterocycles. The molecule has 114 valence electrons. The molecule has 0 unspecified atom stereocenters. The lowest BCUT2D eigenvalue weighted by molar-refractivity contribution is -0.120. The zero-order chi connectivity index (χ0) is 15.1. The number of hydrogen-bond donors (Lipinski definition) is 2. The van der Waals surface area contributed by atoms with Crippen molar-refractivity contribution in [1.82, 2.24) is 20.2 Å². The summed E-state index contributed by atoms with van der Waals surface area (Å²) in [6.45, 7) is 2.52. The summed E-state index contributed by atoms with van der Waals surface area (Å²) in [4.78, 5) is 24.9. The maximum Gasteiger partial charge on any atom is 0.328 e. The van der Waals surface area contributed by atoms with Gasteiger partial charge in [-0.3, -0.25) is 15.0 Å². The van der Waals surface area contributed by atoms with Crippen molar-refractivity contribution in [3.8, 4) is 0 Å². The first kappa shape index (κ1) is 13.3. The van der Waals surface area contributed by atoms with Crippen LogP contribution in [0.3, 0.4) is 0 Å². The molecule has 4 heterocycles. The van der Waals surface area contributed by atoms with Crippen LogP contribution in [0.2, 0.25) is 0 Å². The van der Waals surface area contributed by atoms with E-state index >= 15 is 0 Å². The van der Waals surface area contributed by atoms with Gasteiger partial charge in [-0.15, -0.1) is 0 Å². The Bertz CT molecular complexity index is 749. The van der Waals surface area contributed by atoms with Gasteiger partial charge in [0.1, 0.15) is 0 Å². The standard InChI is InChI=1S/C15H17N5O2/c21-14-2-3-19(15(22)18-14)13-9-17-20-4-1-10(6-12(13)20)5-11-7-16-8-11/h1,4,6,9,11,16H,2-3,5,7-8H2,(H,18,21,22). The van der Waals surface area contributed by atoms with Crippen molar-refractivity contribution < 1.29 is 9.59 Å². The molecule has 0 saturated carbocycles. The number of pyridine rings is 1. The number of nitrogens with one attached hydrogen (secondary N) is 2. The zero-order valence-corrected chi connectivity index (χ0v) is 12.1. The molecule has 22 heavy (non-hydrogen) atoms. The van der Waals surface area contributed by atoms with Crippen molar-refractivity contribution >= 4 is 23.1 Å². The van der Waals surface area contributed by atoms with E-state index in [4.69, 9.17) is 0 Å². The van der Waals surface area contributed by atoms with Crippen molar-refractivity contribution in [2.75, 3.05) is 24.5 Å². The summed E-state index contributed by atoms with van der Waals surface area (Å²) in [6.07, 6.45) is 4.95. The molecule has 2 aromatic rings. The van der Waals surface area contributed by atoms with Crippen LogP contribution in [0.1, 0.15) is 12.0 Å². The highest BCUT2D eigenvalue weighted by Crippen LogP contribution is 2.25. The summed E-state index contributed by atoms with van der Waals surface area (Å²) < 4.78 is 1.77. The molecule has 0 spiro atoms. The van der Waals surface area contributed by atoms with Crippen LogP contribution in [0.5, 0.6) is 0 Å². The Kier molecular flexibility index (Phi) is 3.07. The summed E-state index contributed by atoms with van der Waals surface area (Å²) in [7, 11) is 0. The average molecular weight is 299 g/mol. The molecular formula is C15H17N5O2. The monoisotopic (exact) mass is 299 g/mol. The highest BCUT2D eigenvalue weighted by atomic mass is 16.2. The van der Waals surface area contributed by atoms with Gasteiger partial charge >= 0.3 is 6.03 Å². The van der Waals surface area contributed by atoms with Gasteiger partial charge in [-0.1, -0.05) is 0 Å². The van der Waals surface area contributed by atoms with Gasteiger partial charge in [-0.05, 0) is 43.1 Å². The lowest BCUT2D eigenvalue weighted by Crippen LogP contribution is -2.49. The molecule has 0 aliphatic carbocycles. The number of carbonyl (C=O) groups is 2. The molecule has 0 atom stereocenters. The van der Waals surface area contributed by atoms with Gasteiger partial charge in [-0.25, -0.2) is 9.31 Å². The molecule has 2 saturated heterocycles. The number of nitrogens with zero attached hydrogens (tertiary/aromatic N) is 3. The molecule has 2 aliphatic rings. The van der Waals surface area contributed by atoms with Gasteiger partial charge in [0.2, 0.25) is 5.91 Å². The lowest BCUT2D eigenvalue weighted by atomic mass is 9.95. The number of fused-ring (bicyclic) bond motifs is 1. The Morgan fingerprint density at radius 2 is 2.18 bits per heavy atom. The second kappa shape index (κ2) is 5.10. The predicted molar refractivity (Wildman–Crippen MR) is 80.8 cm³/mol. The topological polar surface area (TPSA) is 78.7 Å². The van der Waals surface area contributed by atoms with Crippen LogP contribution in [-0.2, 0) is 11.2 Å². The minimum absolute atomic E-state index is 0.226. The van der Waals surface area contributed by atoms with Crippen LogP contribution in [-0.4, -0.2) is 41.2 Å². The van der Waals surface area contributed by atoms with Gasteiger partial charge in [0.15, 0.2) is 0 Å². The third-order valence-electron chi connectivity index (χ3n) is 4.30. The molecular weight excluding hydrogens is 282 g/mol. The summed E-state index contributed by atoms with van der Waals surface area (Å²) >= 11 is 0. The Balaban J connectivity index is 1.66. The number of amides is 3. The van der Waals surface area contributed by atoms with Gasteiger partial charge in [-0.2, -0.15) is 5.10 Å². The van der Waals surface area contributed by atoms with E-state index in [1.807, 2.05) is 6.20 Å². The number of carbonyl (C=O) groups excluding carboxylic acids is 2. The van der Waals surface area contributed by atoms with Crippen LogP contribution in [0.15, 0.2) is 24.5 Å². The fourth-order valence-corrected chi connectivity index (χ4v) is 2.97. The van der Waals surface area contributed by atoms with Crippen LogP contribution in [0, 0.1) is 5.92 Å². The first-order valence-electron chi connectivity index (χ1n) is 7.49. The SMILES string of the molecule is O=C1CCN(c2cnn3ccc(CC4CNC4)cc23)C(=O)N1. The molecule has 2 N–H and O–H groups in total. The van der Waals surface area contributed by atoms with Crippen molar-refractivity contribution in [1.29, 1.82) is 0 Å². The maximum atomic E-state index is 12.0. The zero-order valence-electron chi connectivity index (χ0n) is 12.1. The molecule has 4 rings (SSSR count). The number of imide groups is 1. The highest BCUT2D eigenvalue weighted by molar-refractivity contribution is 6.07. The molecule has 2 fully saturated rings. The number of anilines is 1. The smallest absolute Gasteiger partial charge is 0.316 e. The fraction of sp³-hybridized carbons (Fsp3) is 0.400. The minimum Gasteiger partial charge on any atom is -0.316 e. The maximum absolute atomic E-state index is 12.0. The fourth-order valence-electron chi connectivity index (χ4n) is 2.97. The quantitative estimate of drug-likeness (QED) is 0.867. The van der Waals surface area contributed by atoms with Gasteiger partial charge < -0.3 is 5.32 Å². The van der Waals surface area contributed by atoms with Gasteiger partial charge in [0.05, 0.1) is 17.4 Å². The van der Waals surface area contributed by atoms with E-state index in [0.29, 0.717) is 18.9 Å². The predicted octanol–water partition coefficient (Wildman–Crippen LogP) is 0.542.